The van der Waals surface area contributed by atoms with Gasteiger partial charge in [0, 0.05) is 25.0 Å². The van der Waals surface area contributed by atoms with Gasteiger partial charge in [-0.2, -0.15) is 0 Å². The highest BCUT2D eigenvalue weighted by molar-refractivity contribution is 5.09. The molecule has 1 unspecified atom stereocenters. The number of nitrogens with one attached hydrogen (secondary N) is 1. The van der Waals surface area contributed by atoms with E-state index in [1.807, 2.05) is 12.4 Å². The number of piperidine rings is 1. The summed E-state index contributed by atoms with van der Waals surface area (Å²) in [7, 11) is 0. The van der Waals surface area contributed by atoms with Crippen LogP contribution in [-0.4, -0.2) is 35.6 Å². The summed E-state index contributed by atoms with van der Waals surface area (Å²) in [5.41, 5.74) is 1.32. The molecule has 0 aromatic carbocycles. The lowest BCUT2D eigenvalue weighted by atomic mass is 9.90. The van der Waals surface area contributed by atoms with Crippen molar-refractivity contribution in [3.05, 3.63) is 30.1 Å². The maximum absolute atomic E-state index is 4.05. The smallest absolute Gasteiger partial charge is 0.0271 e. The molecule has 106 valence electrons. The lowest BCUT2D eigenvalue weighted by Crippen LogP contribution is -2.41. The first-order valence-electron chi connectivity index (χ1n) is 7.64. The second kappa shape index (κ2) is 7.61. The molecule has 0 aliphatic carbocycles. The number of likely N-dealkylation sites (tertiary alicyclic amines) is 1. The van der Waals surface area contributed by atoms with Gasteiger partial charge in [0.2, 0.25) is 0 Å². The first-order valence-corrected chi connectivity index (χ1v) is 7.64. The summed E-state index contributed by atoms with van der Waals surface area (Å²) in [6.45, 7) is 9.39. The van der Waals surface area contributed by atoms with Crippen LogP contribution in [0.5, 0.6) is 0 Å². The normalized spacial score (nSPS) is 19.5. The van der Waals surface area contributed by atoms with Crippen LogP contribution in [0.4, 0.5) is 0 Å². The van der Waals surface area contributed by atoms with Crippen LogP contribution in [0.3, 0.4) is 0 Å². The molecule has 0 amide bonds. The highest BCUT2D eigenvalue weighted by atomic mass is 15.1. The summed E-state index contributed by atoms with van der Waals surface area (Å²) >= 11 is 0. The molecule has 1 saturated heterocycles. The first-order chi connectivity index (χ1) is 9.29. The van der Waals surface area contributed by atoms with E-state index in [1.54, 1.807) is 0 Å². The van der Waals surface area contributed by atoms with E-state index in [4.69, 9.17) is 0 Å². The zero-order chi connectivity index (χ0) is 13.5. The molecule has 1 aromatic rings. The summed E-state index contributed by atoms with van der Waals surface area (Å²) in [6.07, 6.45) is 7.69. The molecule has 2 heterocycles. The van der Waals surface area contributed by atoms with Crippen molar-refractivity contribution >= 4 is 0 Å². The monoisotopic (exact) mass is 261 g/mol. The van der Waals surface area contributed by atoms with Crippen molar-refractivity contribution < 1.29 is 0 Å². The van der Waals surface area contributed by atoms with Gasteiger partial charge in [-0.05, 0) is 69.4 Å². The third-order valence-corrected chi connectivity index (χ3v) is 4.26. The number of aromatic nitrogens is 1. The standard InChI is InChI=1S/C16H27N3/c1-3-10-19-11-6-16(7-12-19)14(2)18-13-15-4-8-17-9-5-15/h4-5,8-9,14,16,18H,3,6-7,10-13H2,1-2H3. The van der Waals surface area contributed by atoms with Crippen molar-refractivity contribution in [3.63, 3.8) is 0 Å². The molecule has 0 saturated carbocycles. The van der Waals surface area contributed by atoms with Crippen LogP contribution in [0, 0.1) is 5.92 Å². The van der Waals surface area contributed by atoms with Gasteiger partial charge in [0.1, 0.15) is 0 Å². The minimum absolute atomic E-state index is 0.608. The number of hydrogen-bond donors (Lipinski definition) is 1. The first kappa shape index (κ1) is 14.5. The van der Waals surface area contributed by atoms with Gasteiger partial charge in [-0.1, -0.05) is 6.92 Å². The number of nitrogens with zero attached hydrogens (tertiary/aromatic N) is 2. The molecular weight excluding hydrogens is 234 g/mol. The Hall–Kier alpha value is -0.930. The van der Waals surface area contributed by atoms with Crippen molar-refractivity contribution in [2.45, 2.75) is 45.7 Å². The number of hydrogen-bond acceptors (Lipinski definition) is 3. The predicted molar refractivity (Wildman–Crippen MR) is 80.0 cm³/mol. The molecule has 2 rings (SSSR count). The number of pyridine rings is 1. The Morgan fingerprint density at radius 3 is 2.63 bits per heavy atom. The molecule has 0 radical (unpaired) electrons. The molecule has 1 atom stereocenters. The summed E-state index contributed by atoms with van der Waals surface area (Å²) in [4.78, 5) is 6.66. The molecule has 1 N–H and O–H groups in total. The van der Waals surface area contributed by atoms with E-state index in [-0.39, 0.29) is 0 Å². The highest BCUT2D eigenvalue weighted by Crippen LogP contribution is 2.20. The molecule has 0 spiro atoms. The summed E-state index contributed by atoms with van der Waals surface area (Å²) < 4.78 is 0. The van der Waals surface area contributed by atoms with E-state index in [9.17, 15) is 0 Å². The van der Waals surface area contributed by atoms with Gasteiger partial charge in [0.25, 0.3) is 0 Å². The maximum Gasteiger partial charge on any atom is 0.0271 e. The van der Waals surface area contributed by atoms with Crippen LogP contribution in [-0.2, 0) is 6.54 Å². The second-order valence-electron chi connectivity index (χ2n) is 5.70. The van der Waals surface area contributed by atoms with Gasteiger partial charge in [-0.25, -0.2) is 0 Å². The van der Waals surface area contributed by atoms with Crippen LogP contribution < -0.4 is 5.32 Å². The summed E-state index contributed by atoms with van der Waals surface area (Å²) in [5, 5.41) is 3.67. The summed E-state index contributed by atoms with van der Waals surface area (Å²) in [6, 6.07) is 4.78. The van der Waals surface area contributed by atoms with Crippen molar-refractivity contribution in [3.8, 4) is 0 Å². The van der Waals surface area contributed by atoms with Crippen LogP contribution >= 0.6 is 0 Å². The van der Waals surface area contributed by atoms with Crippen molar-refractivity contribution in [1.82, 2.24) is 15.2 Å². The highest BCUT2D eigenvalue weighted by Gasteiger charge is 2.22. The van der Waals surface area contributed by atoms with Crippen LogP contribution in [0.2, 0.25) is 0 Å². The molecule has 1 aromatic heterocycles. The molecule has 0 bridgehead atoms. The molecule has 1 fully saturated rings. The fraction of sp³-hybridized carbons (Fsp3) is 0.688. The fourth-order valence-electron chi connectivity index (χ4n) is 2.94. The topological polar surface area (TPSA) is 28.2 Å². The maximum atomic E-state index is 4.05. The van der Waals surface area contributed by atoms with Gasteiger partial charge in [-0.15, -0.1) is 0 Å². The Labute approximate surface area is 117 Å². The Balaban J connectivity index is 1.71. The Morgan fingerprint density at radius 1 is 1.32 bits per heavy atom. The van der Waals surface area contributed by atoms with Crippen LogP contribution in [0.1, 0.15) is 38.7 Å². The Morgan fingerprint density at radius 2 is 2.00 bits per heavy atom. The van der Waals surface area contributed by atoms with Crippen molar-refractivity contribution in [1.29, 1.82) is 0 Å². The third-order valence-electron chi connectivity index (χ3n) is 4.26. The fourth-order valence-corrected chi connectivity index (χ4v) is 2.94. The van der Waals surface area contributed by atoms with Crippen LogP contribution in [0.25, 0.3) is 0 Å². The second-order valence-corrected chi connectivity index (χ2v) is 5.70. The molecule has 3 heteroatoms. The molecule has 1 aliphatic heterocycles. The van der Waals surface area contributed by atoms with E-state index in [1.165, 1.54) is 44.5 Å². The zero-order valence-corrected chi connectivity index (χ0v) is 12.3. The molecular formula is C16H27N3. The van der Waals surface area contributed by atoms with Gasteiger partial charge in [0.15, 0.2) is 0 Å². The van der Waals surface area contributed by atoms with E-state index in [0.29, 0.717) is 6.04 Å². The third kappa shape index (κ3) is 4.59. The average Bonchev–Trinajstić information content (AvgIpc) is 2.47. The van der Waals surface area contributed by atoms with Gasteiger partial charge in [0.05, 0.1) is 0 Å². The van der Waals surface area contributed by atoms with E-state index >= 15 is 0 Å². The van der Waals surface area contributed by atoms with E-state index in [0.717, 1.165) is 12.5 Å². The molecule has 3 nitrogen and oxygen atoms in total. The average molecular weight is 261 g/mol. The van der Waals surface area contributed by atoms with Crippen molar-refractivity contribution in [2.75, 3.05) is 19.6 Å². The summed E-state index contributed by atoms with van der Waals surface area (Å²) in [5.74, 6) is 0.829. The lowest BCUT2D eigenvalue weighted by molar-refractivity contribution is 0.162. The lowest BCUT2D eigenvalue weighted by Gasteiger charge is -2.35. The van der Waals surface area contributed by atoms with E-state index < -0.39 is 0 Å². The molecule has 19 heavy (non-hydrogen) atoms. The largest absolute Gasteiger partial charge is 0.310 e. The minimum Gasteiger partial charge on any atom is -0.310 e. The Bertz CT molecular complexity index is 344. The quantitative estimate of drug-likeness (QED) is 0.853. The van der Waals surface area contributed by atoms with Gasteiger partial charge in [-0.3, -0.25) is 4.98 Å². The number of rotatable bonds is 6. The zero-order valence-electron chi connectivity index (χ0n) is 12.3. The van der Waals surface area contributed by atoms with Gasteiger partial charge >= 0.3 is 0 Å². The Kier molecular flexibility index (Phi) is 5.80. The minimum atomic E-state index is 0.608. The predicted octanol–water partition coefficient (Wildman–Crippen LogP) is 2.68. The van der Waals surface area contributed by atoms with Crippen molar-refractivity contribution in [2.24, 2.45) is 5.92 Å². The SMILES string of the molecule is CCCN1CCC(C(C)NCc2ccncc2)CC1. The van der Waals surface area contributed by atoms with E-state index in [2.05, 4.69) is 41.2 Å². The van der Waals surface area contributed by atoms with Gasteiger partial charge < -0.3 is 10.2 Å². The molecule has 1 aliphatic rings. The van der Waals surface area contributed by atoms with Crippen LogP contribution in [0.15, 0.2) is 24.5 Å².